The van der Waals surface area contributed by atoms with E-state index in [9.17, 15) is 4.79 Å². The van der Waals surface area contributed by atoms with Crippen LogP contribution < -0.4 is 10.1 Å². The third-order valence-electron chi connectivity index (χ3n) is 5.12. The fraction of sp³-hybridized carbons (Fsp3) is 0.120. The molecule has 5 rings (SSSR count). The number of nitrogens with one attached hydrogen (secondary N) is 1. The molecule has 0 spiro atoms. The molecule has 0 aliphatic rings. The van der Waals surface area contributed by atoms with Gasteiger partial charge in [-0.3, -0.25) is 4.79 Å². The summed E-state index contributed by atoms with van der Waals surface area (Å²) in [6.45, 7) is 2.85. The van der Waals surface area contributed by atoms with Crippen LogP contribution in [0.5, 0.6) is 11.5 Å². The lowest BCUT2D eigenvalue weighted by Gasteiger charge is -2.08. The van der Waals surface area contributed by atoms with Crippen molar-refractivity contribution in [2.24, 2.45) is 0 Å². The fourth-order valence-corrected chi connectivity index (χ4v) is 4.21. The number of para-hydroxylation sites is 2. The molecule has 8 heteroatoms. The van der Waals surface area contributed by atoms with E-state index in [4.69, 9.17) is 4.74 Å². The van der Waals surface area contributed by atoms with Crippen molar-refractivity contribution in [1.82, 2.24) is 19.7 Å². The van der Waals surface area contributed by atoms with Crippen LogP contribution in [-0.2, 0) is 11.3 Å². The maximum Gasteiger partial charge on any atom is 0.234 e. The molecule has 0 radical (unpaired) electrons. The number of ether oxygens (including phenoxy) is 1. The van der Waals surface area contributed by atoms with E-state index in [1.165, 1.54) is 11.8 Å². The van der Waals surface area contributed by atoms with E-state index >= 15 is 0 Å². The number of hydrogen-bond donors (Lipinski definition) is 1. The van der Waals surface area contributed by atoms with Crippen molar-refractivity contribution in [2.45, 2.75) is 18.6 Å². The van der Waals surface area contributed by atoms with Crippen molar-refractivity contribution in [3.05, 3.63) is 78.9 Å². The average molecular weight is 456 g/mol. The lowest BCUT2D eigenvalue weighted by atomic mass is 10.2. The van der Waals surface area contributed by atoms with Gasteiger partial charge in [-0.25, -0.2) is 4.98 Å². The van der Waals surface area contributed by atoms with Crippen LogP contribution in [0.2, 0.25) is 0 Å². The van der Waals surface area contributed by atoms with Gasteiger partial charge in [0, 0.05) is 17.6 Å². The van der Waals surface area contributed by atoms with Crippen LogP contribution in [0, 0.1) is 0 Å². The zero-order valence-electron chi connectivity index (χ0n) is 17.9. The largest absolute Gasteiger partial charge is 0.457 e. The first kappa shape index (κ1) is 21.0. The molecule has 2 aromatic heterocycles. The summed E-state index contributed by atoms with van der Waals surface area (Å²) < 4.78 is 7.89. The number of carbonyl (C=O) groups excluding carboxylic acids is 1. The molecule has 0 unspecified atom stereocenters. The van der Waals surface area contributed by atoms with Gasteiger partial charge >= 0.3 is 0 Å². The molecule has 164 valence electrons. The van der Waals surface area contributed by atoms with Crippen LogP contribution in [-0.4, -0.2) is 31.4 Å². The summed E-state index contributed by atoms with van der Waals surface area (Å²) in [5, 5.41) is 13.0. The molecule has 3 aromatic carbocycles. The quantitative estimate of drug-likeness (QED) is 0.325. The summed E-state index contributed by atoms with van der Waals surface area (Å²) in [7, 11) is 0. The van der Waals surface area contributed by atoms with E-state index < -0.39 is 0 Å². The number of aryl methyl sites for hydroxylation is 1. The zero-order chi connectivity index (χ0) is 22.6. The Kier molecular flexibility index (Phi) is 5.91. The van der Waals surface area contributed by atoms with Crippen molar-refractivity contribution < 1.29 is 9.53 Å². The van der Waals surface area contributed by atoms with Crippen LogP contribution in [0.3, 0.4) is 0 Å². The molecular weight excluding hydrogens is 434 g/mol. The highest BCUT2D eigenvalue weighted by atomic mass is 32.2. The van der Waals surface area contributed by atoms with E-state index in [0.29, 0.717) is 16.6 Å². The highest BCUT2D eigenvalue weighted by Crippen LogP contribution is 2.27. The summed E-state index contributed by atoms with van der Waals surface area (Å²) >= 11 is 1.26. The van der Waals surface area contributed by atoms with E-state index in [1.807, 2.05) is 72.8 Å². The Balaban J connectivity index is 1.23. The van der Waals surface area contributed by atoms with E-state index in [-0.39, 0.29) is 11.7 Å². The maximum atomic E-state index is 12.4. The van der Waals surface area contributed by atoms with Crippen molar-refractivity contribution in [2.75, 3.05) is 11.1 Å². The number of benzene rings is 3. The van der Waals surface area contributed by atoms with Gasteiger partial charge < -0.3 is 14.6 Å². The highest BCUT2D eigenvalue weighted by Gasteiger charge is 2.14. The molecule has 0 bridgehead atoms. The minimum atomic E-state index is -0.142. The molecule has 1 amide bonds. The number of carbonyl (C=O) groups is 1. The summed E-state index contributed by atoms with van der Waals surface area (Å²) in [4.78, 5) is 17.1. The highest BCUT2D eigenvalue weighted by molar-refractivity contribution is 7.99. The number of aromatic nitrogens is 4. The van der Waals surface area contributed by atoms with Gasteiger partial charge in [0.05, 0.1) is 11.3 Å². The number of fused-ring (bicyclic) bond motifs is 3. The molecule has 0 fully saturated rings. The third-order valence-corrected chi connectivity index (χ3v) is 5.96. The zero-order valence-corrected chi connectivity index (χ0v) is 18.7. The minimum absolute atomic E-state index is 0.142. The monoisotopic (exact) mass is 455 g/mol. The Hall–Kier alpha value is -3.91. The Morgan fingerprint density at radius 2 is 1.67 bits per heavy atom. The number of thioether (sulfide) groups is 1. The minimum Gasteiger partial charge on any atom is -0.457 e. The second-order valence-electron chi connectivity index (χ2n) is 7.30. The predicted molar refractivity (Wildman–Crippen MR) is 131 cm³/mol. The van der Waals surface area contributed by atoms with Crippen LogP contribution in [0.25, 0.3) is 22.1 Å². The van der Waals surface area contributed by atoms with Gasteiger partial charge in [-0.05, 0) is 49.4 Å². The van der Waals surface area contributed by atoms with E-state index in [1.54, 1.807) is 0 Å². The van der Waals surface area contributed by atoms with Gasteiger partial charge in [0.25, 0.3) is 0 Å². The van der Waals surface area contributed by atoms with Crippen LogP contribution in [0.4, 0.5) is 5.69 Å². The number of amides is 1. The van der Waals surface area contributed by atoms with Crippen LogP contribution in [0.15, 0.2) is 84.0 Å². The van der Waals surface area contributed by atoms with Gasteiger partial charge in [0.2, 0.25) is 11.1 Å². The Bertz CT molecular complexity index is 1420. The van der Waals surface area contributed by atoms with E-state index in [0.717, 1.165) is 34.4 Å². The number of nitrogens with zero attached hydrogens (tertiary/aromatic N) is 4. The van der Waals surface area contributed by atoms with Gasteiger partial charge in [0.15, 0.2) is 5.65 Å². The number of rotatable bonds is 7. The predicted octanol–water partition coefficient (Wildman–Crippen LogP) is 5.52. The standard InChI is InChI=1S/C25H21N5O2S/c1-2-30-21-11-7-6-10-20(21)23-24(30)27-25(29-28-23)33-16-22(31)26-17-12-14-19(15-13-17)32-18-8-4-3-5-9-18/h3-15H,2,16H2,1H3,(H,26,31). The molecule has 5 aromatic rings. The first-order valence-electron chi connectivity index (χ1n) is 10.6. The Morgan fingerprint density at radius 1 is 0.939 bits per heavy atom. The van der Waals surface area contributed by atoms with Crippen molar-refractivity contribution >= 4 is 45.4 Å². The van der Waals surface area contributed by atoms with Crippen LogP contribution in [0.1, 0.15) is 6.92 Å². The lowest BCUT2D eigenvalue weighted by Crippen LogP contribution is -2.14. The molecule has 0 atom stereocenters. The van der Waals surface area contributed by atoms with Crippen molar-refractivity contribution in [3.63, 3.8) is 0 Å². The van der Waals surface area contributed by atoms with Gasteiger partial charge in [-0.2, -0.15) is 0 Å². The molecular formula is C25H21N5O2S. The molecule has 2 heterocycles. The topological polar surface area (TPSA) is 81.9 Å². The number of anilines is 1. The number of hydrogen-bond acceptors (Lipinski definition) is 6. The SMILES string of the molecule is CCn1c2ccccc2c2nnc(SCC(=O)Nc3ccc(Oc4ccccc4)cc3)nc21. The van der Waals surface area contributed by atoms with Gasteiger partial charge in [0.1, 0.15) is 17.0 Å². The molecule has 1 N–H and O–H groups in total. The second-order valence-corrected chi connectivity index (χ2v) is 8.25. The van der Waals surface area contributed by atoms with Crippen molar-refractivity contribution in [3.8, 4) is 11.5 Å². The Labute approximate surface area is 194 Å². The molecule has 33 heavy (non-hydrogen) atoms. The maximum absolute atomic E-state index is 12.4. The summed E-state index contributed by atoms with van der Waals surface area (Å²) in [5.41, 5.74) is 3.34. The molecule has 0 saturated carbocycles. The van der Waals surface area contributed by atoms with Crippen LogP contribution >= 0.6 is 11.8 Å². The van der Waals surface area contributed by atoms with Gasteiger partial charge in [-0.1, -0.05) is 48.2 Å². The second kappa shape index (κ2) is 9.30. The lowest BCUT2D eigenvalue weighted by molar-refractivity contribution is -0.113. The molecule has 0 saturated heterocycles. The first-order valence-corrected chi connectivity index (χ1v) is 11.6. The molecule has 0 aliphatic carbocycles. The fourth-order valence-electron chi connectivity index (χ4n) is 3.63. The summed E-state index contributed by atoms with van der Waals surface area (Å²) in [6.07, 6.45) is 0. The van der Waals surface area contributed by atoms with Crippen molar-refractivity contribution in [1.29, 1.82) is 0 Å². The summed E-state index contributed by atoms with van der Waals surface area (Å²) in [5.74, 6) is 1.50. The summed E-state index contributed by atoms with van der Waals surface area (Å²) in [6, 6.07) is 24.9. The first-order chi connectivity index (χ1) is 16.2. The normalized spacial score (nSPS) is 11.1. The van der Waals surface area contributed by atoms with E-state index in [2.05, 4.69) is 38.1 Å². The molecule has 7 nitrogen and oxygen atoms in total. The Morgan fingerprint density at radius 3 is 2.45 bits per heavy atom. The van der Waals surface area contributed by atoms with Gasteiger partial charge in [-0.15, -0.1) is 10.2 Å². The smallest absolute Gasteiger partial charge is 0.234 e. The average Bonchev–Trinajstić information content (AvgIpc) is 3.17. The molecule has 0 aliphatic heterocycles. The third kappa shape index (κ3) is 4.51.